The highest BCUT2D eigenvalue weighted by Gasteiger charge is 2.46. The quantitative estimate of drug-likeness (QED) is 0.0247. The smallest absolute Gasteiger partial charge is 0.459 e. The van der Waals surface area contributed by atoms with Crippen molar-refractivity contribution in [3.05, 3.63) is 22.7 Å². The minimum atomic E-state index is -5.31. The fraction of sp³-hybridized carbons (Fsp3) is 0.868. The molecule has 1 aliphatic heterocycles. The molecule has 57 heavy (non-hydrogen) atoms. The van der Waals surface area contributed by atoms with E-state index in [4.69, 9.17) is 24.3 Å². The molecule has 2 rings (SSSR count). The molecule has 6 N–H and O–H groups in total. The van der Waals surface area contributed by atoms with E-state index >= 15 is 0 Å². The van der Waals surface area contributed by atoms with Crippen LogP contribution in [0.4, 0.5) is 5.82 Å². The van der Waals surface area contributed by atoms with Gasteiger partial charge >= 0.3 is 27.3 Å². The molecule has 0 bridgehead atoms. The van der Waals surface area contributed by atoms with Gasteiger partial charge in [-0.05, 0) is 24.7 Å². The second-order valence-corrected chi connectivity index (χ2v) is 19.0. The predicted molar refractivity (Wildman–Crippen MR) is 222 cm³/mol. The number of esters is 1. The first kappa shape index (κ1) is 51.8. The monoisotopic (exact) mass is 871 g/mol. The number of carbonyl (C=O) groups is 1. The van der Waals surface area contributed by atoms with Gasteiger partial charge in [-0.25, -0.2) is 13.9 Å². The lowest BCUT2D eigenvalue weighted by molar-refractivity contribution is -0.149. The maximum atomic E-state index is 12.8. The fourth-order valence-corrected chi connectivity index (χ4v) is 9.55. The lowest BCUT2D eigenvalue weighted by atomic mass is 10.0. The predicted octanol–water partition coefficient (Wildman–Crippen LogP) is 7.96. The zero-order valence-electron chi connectivity index (χ0n) is 34.2. The summed E-state index contributed by atoms with van der Waals surface area (Å²) in [4.78, 5) is 49.0. The van der Waals surface area contributed by atoms with Crippen molar-refractivity contribution in [2.75, 3.05) is 30.5 Å². The Labute approximate surface area is 343 Å². The van der Waals surface area contributed by atoms with Crippen LogP contribution in [0.15, 0.2) is 17.1 Å². The van der Waals surface area contributed by atoms with E-state index in [9.17, 15) is 38.7 Å². The number of phosphoric acid groups is 2. The average molecular weight is 872 g/mol. The molecule has 19 heteroatoms. The van der Waals surface area contributed by atoms with E-state index < -0.39 is 71.2 Å². The van der Waals surface area contributed by atoms with Crippen molar-refractivity contribution in [2.24, 2.45) is 0 Å². The number of nitrogens with two attached hydrogens (primary N) is 1. The fourth-order valence-electron chi connectivity index (χ4n) is 6.44. The van der Waals surface area contributed by atoms with Crippen LogP contribution in [0.5, 0.6) is 0 Å². The zero-order chi connectivity index (χ0) is 41.9. The SMILES string of the molecule is CCCCCCCCCCCCCCCC(=O)OC(COP(=O)(O)OP(=O)(O)OC[C@H]1O[C@@H](n2ccc(N)nc2=O)[C@@H](O)[C@@H]1O)CSCCCCCCCCCC. The Hall–Kier alpha value is -1.36. The number of nitrogen functional groups attached to an aromatic ring is 1. The van der Waals surface area contributed by atoms with Crippen molar-refractivity contribution in [1.82, 2.24) is 9.55 Å². The highest BCUT2D eigenvalue weighted by Crippen LogP contribution is 2.60. The summed E-state index contributed by atoms with van der Waals surface area (Å²) in [5, 5.41) is 20.8. The van der Waals surface area contributed by atoms with Gasteiger partial charge in [-0.1, -0.05) is 136 Å². The normalized spacial score (nSPS) is 20.9. The van der Waals surface area contributed by atoms with Gasteiger partial charge in [0.15, 0.2) is 6.23 Å². The largest absolute Gasteiger partial charge is 0.481 e. The molecule has 1 fully saturated rings. The number of rotatable bonds is 35. The Kier molecular flexibility index (Phi) is 27.1. The van der Waals surface area contributed by atoms with Crippen LogP contribution in [0.3, 0.4) is 0 Å². The molecule has 0 radical (unpaired) electrons. The van der Waals surface area contributed by atoms with E-state index in [0.717, 1.165) is 48.8 Å². The van der Waals surface area contributed by atoms with Gasteiger partial charge in [0.2, 0.25) is 0 Å². The molecule has 0 aliphatic carbocycles. The average Bonchev–Trinajstić information content (AvgIpc) is 3.43. The van der Waals surface area contributed by atoms with Crippen LogP contribution in [-0.2, 0) is 36.8 Å². The number of aromatic nitrogens is 2. The standard InChI is InChI=1S/C38H71N3O13P2S/c1-3-5-7-9-11-13-14-15-16-17-18-20-22-24-34(42)52-31(30-57-27-23-21-19-12-10-8-6-4-2)28-50-55(46,47)54-56(48,49)51-29-32-35(43)36(44)37(53-32)41-26-25-33(39)40-38(41)45/h25-26,31-32,35-37,43-44H,3-24,27-30H2,1-2H3,(H,46,47)(H,48,49)(H2,39,40,45)/t31?,32-,35-,36+,37-/m1/s1. The summed E-state index contributed by atoms with van der Waals surface area (Å²) in [6, 6.07) is 1.27. The van der Waals surface area contributed by atoms with Crippen molar-refractivity contribution >= 4 is 39.2 Å². The molecule has 1 aromatic rings. The van der Waals surface area contributed by atoms with Crippen molar-refractivity contribution in [3.8, 4) is 0 Å². The van der Waals surface area contributed by atoms with E-state index in [0.29, 0.717) is 6.42 Å². The number of thioether (sulfide) groups is 1. The molecule has 3 unspecified atom stereocenters. The molecular formula is C38H71N3O13P2S. The van der Waals surface area contributed by atoms with E-state index in [1.807, 2.05) is 0 Å². The van der Waals surface area contributed by atoms with E-state index in [1.54, 1.807) is 0 Å². The molecule has 332 valence electrons. The second kappa shape index (κ2) is 29.8. The molecule has 0 amide bonds. The number of ether oxygens (including phenoxy) is 2. The number of aliphatic hydroxyl groups excluding tert-OH is 2. The van der Waals surface area contributed by atoms with Gasteiger partial charge in [0.1, 0.15) is 30.2 Å². The van der Waals surface area contributed by atoms with E-state index in [2.05, 4.69) is 23.1 Å². The Balaban J connectivity index is 1.81. The van der Waals surface area contributed by atoms with Crippen molar-refractivity contribution in [3.63, 3.8) is 0 Å². The molecule has 0 spiro atoms. The van der Waals surface area contributed by atoms with Crippen molar-refractivity contribution in [2.45, 2.75) is 186 Å². The van der Waals surface area contributed by atoms with Crippen molar-refractivity contribution < 1.29 is 56.8 Å². The van der Waals surface area contributed by atoms with Gasteiger partial charge in [0, 0.05) is 18.4 Å². The first-order chi connectivity index (χ1) is 27.3. The van der Waals surface area contributed by atoms with Crippen LogP contribution < -0.4 is 11.4 Å². The first-order valence-electron chi connectivity index (χ1n) is 21.1. The highest BCUT2D eigenvalue weighted by atomic mass is 32.2. The van der Waals surface area contributed by atoms with Crippen LogP contribution in [-0.4, -0.2) is 84.7 Å². The highest BCUT2D eigenvalue weighted by molar-refractivity contribution is 7.99. The van der Waals surface area contributed by atoms with Gasteiger partial charge in [0.05, 0.1) is 13.2 Å². The summed E-state index contributed by atoms with van der Waals surface area (Å²) in [7, 11) is -10.6. The third-order valence-corrected chi connectivity index (χ3v) is 13.5. The Morgan fingerprint density at radius 3 is 1.88 bits per heavy atom. The second-order valence-electron chi connectivity index (χ2n) is 14.9. The topological polar surface area (TPSA) is 239 Å². The summed E-state index contributed by atoms with van der Waals surface area (Å²) in [5.74, 6) is 0.534. The number of nitrogens with zero attached hydrogens (tertiary/aromatic N) is 2. The van der Waals surface area contributed by atoms with Gasteiger partial charge < -0.3 is 35.2 Å². The Morgan fingerprint density at radius 1 is 0.825 bits per heavy atom. The number of carbonyl (C=O) groups excluding carboxylic acids is 1. The summed E-state index contributed by atoms with van der Waals surface area (Å²) >= 11 is 1.52. The van der Waals surface area contributed by atoms with E-state index in [-0.39, 0.29) is 18.0 Å². The van der Waals surface area contributed by atoms with Crippen LogP contribution in [0, 0.1) is 0 Å². The first-order valence-corrected chi connectivity index (χ1v) is 25.2. The molecule has 16 nitrogen and oxygen atoms in total. The van der Waals surface area contributed by atoms with E-state index in [1.165, 1.54) is 114 Å². The summed E-state index contributed by atoms with van der Waals surface area (Å²) < 4.78 is 51.6. The third-order valence-electron chi connectivity index (χ3n) is 9.72. The molecule has 1 aliphatic rings. The number of hydrogen-bond donors (Lipinski definition) is 5. The summed E-state index contributed by atoms with van der Waals surface area (Å²) in [5.41, 5.74) is 4.61. The molecule has 0 saturated carbocycles. The van der Waals surface area contributed by atoms with Crippen LogP contribution >= 0.6 is 27.4 Å². The number of phosphoric ester groups is 2. The maximum Gasteiger partial charge on any atom is 0.481 e. The molecule has 7 atom stereocenters. The lowest BCUT2D eigenvalue weighted by Crippen LogP contribution is -2.36. The summed E-state index contributed by atoms with van der Waals surface area (Å²) in [6.07, 6.45) is 18.8. The zero-order valence-corrected chi connectivity index (χ0v) is 36.8. The Bertz CT molecular complexity index is 1390. The van der Waals surface area contributed by atoms with Crippen LogP contribution in [0.25, 0.3) is 0 Å². The molecule has 1 aromatic heterocycles. The Morgan fingerprint density at radius 2 is 1.33 bits per heavy atom. The van der Waals surface area contributed by atoms with Crippen LogP contribution in [0.2, 0.25) is 0 Å². The third kappa shape index (κ3) is 23.3. The molecule has 0 aromatic carbocycles. The van der Waals surface area contributed by atoms with Gasteiger partial charge in [-0.3, -0.25) is 18.4 Å². The minimum Gasteiger partial charge on any atom is -0.459 e. The lowest BCUT2D eigenvalue weighted by Gasteiger charge is -2.21. The minimum absolute atomic E-state index is 0.0785. The number of anilines is 1. The van der Waals surface area contributed by atoms with Gasteiger partial charge in [-0.15, -0.1) is 0 Å². The number of aliphatic hydroxyl groups is 2. The van der Waals surface area contributed by atoms with Gasteiger partial charge in [0.25, 0.3) is 0 Å². The molecular weight excluding hydrogens is 800 g/mol. The summed E-state index contributed by atoms with van der Waals surface area (Å²) in [6.45, 7) is 2.96. The van der Waals surface area contributed by atoms with Crippen molar-refractivity contribution in [1.29, 1.82) is 0 Å². The molecule has 2 heterocycles. The van der Waals surface area contributed by atoms with Gasteiger partial charge in [-0.2, -0.15) is 21.1 Å². The number of unbranched alkanes of at least 4 members (excludes halogenated alkanes) is 19. The maximum absolute atomic E-state index is 12.8. The number of hydrogen-bond acceptors (Lipinski definition) is 14. The van der Waals surface area contributed by atoms with Crippen LogP contribution in [0.1, 0.15) is 161 Å². The molecule has 1 saturated heterocycles.